The summed E-state index contributed by atoms with van der Waals surface area (Å²) >= 11 is 0. The van der Waals surface area contributed by atoms with Crippen molar-refractivity contribution in [2.45, 2.75) is 57.2 Å². The summed E-state index contributed by atoms with van der Waals surface area (Å²) < 4.78 is 12.6. The van der Waals surface area contributed by atoms with Gasteiger partial charge in [0.05, 0.1) is 25.1 Å². The molecule has 2 aromatic rings. The summed E-state index contributed by atoms with van der Waals surface area (Å²) in [6.07, 6.45) is 6.46. The molecule has 0 radical (unpaired) electrons. The van der Waals surface area contributed by atoms with Gasteiger partial charge in [-0.15, -0.1) is 0 Å². The standard InChI is InChI=1S/C28H36N2O4/c1-29-17-11-4-2-3-5-12-18-33-25-20-30(27(31)19-22-13-7-6-8-14-22)21-26(25)34-24-16-10-9-15-23(24)28(29)32/h6-10,13-16,25-26H,2-5,11-12,17-21H2,1H3/t25-,26-/m1/s1. The molecule has 1 saturated heterocycles. The average Bonchev–Trinajstić information content (AvgIpc) is 3.25. The van der Waals surface area contributed by atoms with E-state index >= 15 is 0 Å². The Morgan fingerprint density at radius 3 is 2.38 bits per heavy atom. The van der Waals surface area contributed by atoms with Gasteiger partial charge in [0.15, 0.2) is 0 Å². The predicted molar refractivity (Wildman–Crippen MR) is 132 cm³/mol. The fraction of sp³-hybridized carbons (Fsp3) is 0.500. The Morgan fingerprint density at radius 1 is 0.882 bits per heavy atom. The quantitative estimate of drug-likeness (QED) is 0.664. The maximum atomic E-state index is 13.1. The molecule has 0 spiro atoms. The van der Waals surface area contributed by atoms with Crippen molar-refractivity contribution < 1.29 is 19.1 Å². The fourth-order valence-corrected chi connectivity index (χ4v) is 4.71. The second-order valence-electron chi connectivity index (χ2n) is 9.37. The van der Waals surface area contributed by atoms with Gasteiger partial charge in [0, 0.05) is 20.2 Å². The number of carbonyl (C=O) groups is 2. The van der Waals surface area contributed by atoms with Crippen molar-refractivity contribution in [3.8, 4) is 5.75 Å². The van der Waals surface area contributed by atoms with Crippen LogP contribution >= 0.6 is 0 Å². The van der Waals surface area contributed by atoms with Crippen LogP contribution < -0.4 is 4.74 Å². The van der Waals surface area contributed by atoms with Crippen LogP contribution in [0.4, 0.5) is 0 Å². The number of para-hydroxylation sites is 1. The smallest absolute Gasteiger partial charge is 0.257 e. The molecule has 2 amide bonds. The number of hydrogen-bond acceptors (Lipinski definition) is 4. The monoisotopic (exact) mass is 464 g/mol. The van der Waals surface area contributed by atoms with Crippen molar-refractivity contribution in [1.29, 1.82) is 0 Å². The normalized spacial score (nSPS) is 22.6. The Hall–Kier alpha value is -2.86. The molecule has 2 atom stereocenters. The molecule has 2 aliphatic heterocycles. The van der Waals surface area contributed by atoms with Crippen LogP contribution in [0.2, 0.25) is 0 Å². The molecule has 0 N–H and O–H groups in total. The van der Waals surface area contributed by atoms with Gasteiger partial charge in [-0.05, 0) is 30.5 Å². The van der Waals surface area contributed by atoms with E-state index in [4.69, 9.17) is 9.47 Å². The first-order chi connectivity index (χ1) is 16.6. The molecule has 1 fully saturated rings. The Bertz CT molecular complexity index is 948. The number of ether oxygens (including phenoxy) is 2. The van der Waals surface area contributed by atoms with Crippen LogP contribution in [0.1, 0.15) is 54.4 Å². The van der Waals surface area contributed by atoms with Crippen LogP contribution in [0, 0.1) is 0 Å². The van der Waals surface area contributed by atoms with Crippen molar-refractivity contribution in [2.24, 2.45) is 0 Å². The minimum atomic E-state index is -0.313. The highest BCUT2D eigenvalue weighted by molar-refractivity contribution is 5.96. The van der Waals surface area contributed by atoms with Crippen LogP contribution in [-0.2, 0) is 16.0 Å². The van der Waals surface area contributed by atoms with E-state index < -0.39 is 0 Å². The lowest BCUT2D eigenvalue weighted by atomic mass is 10.1. The number of amides is 2. The van der Waals surface area contributed by atoms with Crippen LogP contribution in [0.5, 0.6) is 5.75 Å². The molecule has 0 aliphatic carbocycles. The van der Waals surface area contributed by atoms with Crippen molar-refractivity contribution in [3.05, 3.63) is 65.7 Å². The van der Waals surface area contributed by atoms with E-state index in [9.17, 15) is 9.59 Å². The zero-order chi connectivity index (χ0) is 23.8. The average molecular weight is 465 g/mol. The van der Waals surface area contributed by atoms with Crippen LogP contribution in [0.25, 0.3) is 0 Å². The zero-order valence-corrected chi connectivity index (χ0v) is 20.2. The predicted octanol–water partition coefficient (Wildman–Crippen LogP) is 4.33. The summed E-state index contributed by atoms with van der Waals surface area (Å²) in [4.78, 5) is 29.8. The molecule has 0 bridgehead atoms. The van der Waals surface area contributed by atoms with E-state index in [-0.39, 0.29) is 24.0 Å². The van der Waals surface area contributed by atoms with Gasteiger partial charge >= 0.3 is 0 Å². The van der Waals surface area contributed by atoms with Crippen molar-refractivity contribution in [1.82, 2.24) is 9.80 Å². The van der Waals surface area contributed by atoms with Gasteiger partial charge in [0.1, 0.15) is 18.0 Å². The number of fused-ring (bicyclic) bond motifs is 2. The maximum Gasteiger partial charge on any atom is 0.257 e. The molecule has 2 heterocycles. The molecule has 182 valence electrons. The minimum absolute atomic E-state index is 0.0323. The molecule has 4 rings (SSSR count). The molecule has 2 aliphatic rings. The molecule has 6 heteroatoms. The summed E-state index contributed by atoms with van der Waals surface area (Å²) in [6.45, 7) is 2.36. The summed E-state index contributed by atoms with van der Waals surface area (Å²) in [5.41, 5.74) is 1.56. The van der Waals surface area contributed by atoms with Gasteiger partial charge < -0.3 is 19.3 Å². The largest absolute Gasteiger partial charge is 0.485 e. The SMILES string of the molecule is CN1CCCCCCCCO[C@@H]2CN(C(=O)Cc3ccccc3)C[C@H]2Oc2ccccc2C1=O. The number of hydrogen-bond donors (Lipinski definition) is 0. The molecule has 0 aromatic heterocycles. The van der Waals surface area contributed by atoms with Crippen molar-refractivity contribution in [2.75, 3.05) is 33.3 Å². The topological polar surface area (TPSA) is 59.1 Å². The van der Waals surface area contributed by atoms with E-state index in [1.54, 1.807) is 4.90 Å². The number of rotatable bonds is 2. The van der Waals surface area contributed by atoms with E-state index in [0.717, 1.165) is 37.8 Å². The highest BCUT2D eigenvalue weighted by Crippen LogP contribution is 2.26. The highest BCUT2D eigenvalue weighted by Gasteiger charge is 2.38. The number of nitrogens with zero attached hydrogens (tertiary/aromatic N) is 2. The third-order valence-corrected chi connectivity index (χ3v) is 6.73. The summed E-state index contributed by atoms with van der Waals surface area (Å²) in [6, 6.07) is 17.2. The van der Waals surface area contributed by atoms with Crippen molar-refractivity contribution >= 4 is 11.8 Å². The summed E-state index contributed by atoms with van der Waals surface area (Å²) in [5.74, 6) is 0.596. The number of benzene rings is 2. The second-order valence-corrected chi connectivity index (χ2v) is 9.37. The molecule has 34 heavy (non-hydrogen) atoms. The first kappa shape index (κ1) is 24.3. The van der Waals surface area contributed by atoms with Crippen LogP contribution in [-0.4, -0.2) is 67.1 Å². The Kier molecular flexibility index (Phi) is 8.58. The molecule has 0 unspecified atom stereocenters. The minimum Gasteiger partial charge on any atom is -0.485 e. The molecule has 0 saturated carbocycles. The second kappa shape index (κ2) is 12.0. The lowest BCUT2D eigenvalue weighted by Gasteiger charge is -2.24. The Balaban J connectivity index is 1.51. The van der Waals surface area contributed by atoms with Gasteiger partial charge in [-0.1, -0.05) is 68.1 Å². The van der Waals surface area contributed by atoms with Crippen LogP contribution in [0.15, 0.2) is 54.6 Å². The molecular weight excluding hydrogens is 428 g/mol. The lowest BCUT2D eigenvalue weighted by Crippen LogP contribution is -2.34. The maximum absolute atomic E-state index is 13.1. The van der Waals surface area contributed by atoms with Gasteiger partial charge in [-0.25, -0.2) is 0 Å². The van der Waals surface area contributed by atoms with Gasteiger partial charge in [0.25, 0.3) is 5.91 Å². The van der Waals surface area contributed by atoms with Crippen LogP contribution in [0.3, 0.4) is 0 Å². The number of carbonyl (C=O) groups excluding carboxylic acids is 2. The van der Waals surface area contributed by atoms with Gasteiger partial charge in [-0.3, -0.25) is 9.59 Å². The zero-order valence-electron chi connectivity index (χ0n) is 20.2. The fourth-order valence-electron chi connectivity index (χ4n) is 4.71. The Morgan fingerprint density at radius 2 is 1.56 bits per heavy atom. The molecular formula is C28H36N2O4. The molecule has 2 aromatic carbocycles. The van der Waals surface area contributed by atoms with Crippen molar-refractivity contribution in [3.63, 3.8) is 0 Å². The highest BCUT2D eigenvalue weighted by atomic mass is 16.5. The lowest BCUT2D eigenvalue weighted by molar-refractivity contribution is -0.130. The summed E-state index contributed by atoms with van der Waals surface area (Å²) in [7, 11) is 1.85. The van der Waals surface area contributed by atoms with E-state index in [0.29, 0.717) is 37.4 Å². The number of likely N-dealkylation sites (tertiary alicyclic amines) is 1. The van der Waals surface area contributed by atoms with E-state index in [1.165, 1.54) is 12.8 Å². The van der Waals surface area contributed by atoms with E-state index in [2.05, 4.69) is 0 Å². The van der Waals surface area contributed by atoms with E-state index in [1.807, 2.05) is 66.5 Å². The summed E-state index contributed by atoms with van der Waals surface area (Å²) in [5, 5.41) is 0. The third kappa shape index (κ3) is 6.38. The first-order valence-electron chi connectivity index (χ1n) is 12.6. The van der Waals surface area contributed by atoms with Gasteiger partial charge in [0.2, 0.25) is 5.91 Å². The first-order valence-corrected chi connectivity index (χ1v) is 12.6. The third-order valence-electron chi connectivity index (χ3n) is 6.73. The van der Waals surface area contributed by atoms with Gasteiger partial charge in [-0.2, -0.15) is 0 Å². The Labute approximate surface area is 202 Å². The molecule has 6 nitrogen and oxygen atoms in total.